The molecule has 14 heavy (non-hydrogen) atoms. The summed E-state index contributed by atoms with van der Waals surface area (Å²) in [6, 6.07) is 0. The normalized spacial score (nSPS) is 10.4. The lowest BCUT2D eigenvalue weighted by Crippen LogP contribution is -2.07. The van der Waals surface area contributed by atoms with Gasteiger partial charge in [-0.2, -0.15) is 5.10 Å². The van der Waals surface area contributed by atoms with E-state index in [1.54, 1.807) is 24.1 Å². The Morgan fingerprint density at radius 1 is 1.50 bits per heavy atom. The van der Waals surface area contributed by atoms with Crippen LogP contribution >= 0.6 is 0 Å². The van der Waals surface area contributed by atoms with Crippen LogP contribution in [-0.4, -0.2) is 32.8 Å². The van der Waals surface area contributed by atoms with Gasteiger partial charge in [-0.25, -0.2) is 14.8 Å². The fourth-order valence-corrected chi connectivity index (χ4v) is 1.13. The van der Waals surface area contributed by atoms with Crippen molar-refractivity contribution in [3.05, 3.63) is 18.2 Å². The number of hydrogen-bond donors (Lipinski definition) is 0. The van der Waals surface area contributed by atoms with Gasteiger partial charge in [0.05, 0.1) is 18.7 Å². The van der Waals surface area contributed by atoms with E-state index in [0.717, 1.165) is 5.39 Å². The van der Waals surface area contributed by atoms with Crippen molar-refractivity contribution in [3.63, 3.8) is 0 Å². The van der Waals surface area contributed by atoms with Gasteiger partial charge in [-0.15, -0.1) is 0 Å². The smallest absolute Gasteiger partial charge is 0.376 e. The van der Waals surface area contributed by atoms with Gasteiger partial charge >= 0.3 is 5.97 Å². The van der Waals surface area contributed by atoms with E-state index in [4.69, 9.17) is 0 Å². The fourth-order valence-electron chi connectivity index (χ4n) is 1.13. The second-order valence-electron chi connectivity index (χ2n) is 2.73. The van der Waals surface area contributed by atoms with Gasteiger partial charge in [0, 0.05) is 13.2 Å². The highest BCUT2D eigenvalue weighted by molar-refractivity contribution is 5.87. The maximum atomic E-state index is 11.1. The van der Waals surface area contributed by atoms with Gasteiger partial charge in [0.15, 0.2) is 5.65 Å². The average molecular weight is 192 g/mol. The van der Waals surface area contributed by atoms with E-state index in [2.05, 4.69) is 19.8 Å². The Labute approximate surface area is 79.5 Å². The highest BCUT2D eigenvalue weighted by Crippen LogP contribution is 2.08. The molecule has 0 atom stereocenters. The Morgan fingerprint density at radius 2 is 2.29 bits per heavy atom. The molecule has 2 aromatic heterocycles. The summed E-state index contributed by atoms with van der Waals surface area (Å²) < 4.78 is 6.08. The minimum Gasteiger partial charge on any atom is -0.463 e. The molecular weight excluding hydrogens is 184 g/mol. The second-order valence-corrected chi connectivity index (χ2v) is 2.73. The summed E-state index contributed by atoms with van der Waals surface area (Å²) in [5.74, 6) is -0.503. The van der Waals surface area contributed by atoms with Crippen LogP contribution in [0.3, 0.4) is 0 Å². The zero-order valence-corrected chi connectivity index (χ0v) is 7.76. The van der Waals surface area contributed by atoms with Crippen molar-refractivity contribution in [1.82, 2.24) is 19.7 Å². The molecule has 0 aliphatic carbocycles. The minimum atomic E-state index is -0.548. The Hall–Kier alpha value is -1.98. The van der Waals surface area contributed by atoms with Crippen molar-refractivity contribution >= 4 is 17.0 Å². The molecule has 0 bridgehead atoms. The predicted molar refractivity (Wildman–Crippen MR) is 47.6 cm³/mol. The monoisotopic (exact) mass is 192 g/mol. The fraction of sp³-hybridized carbons (Fsp3) is 0.250. The van der Waals surface area contributed by atoms with Crippen LogP contribution in [0.1, 0.15) is 10.6 Å². The molecule has 2 heterocycles. The van der Waals surface area contributed by atoms with Gasteiger partial charge in [0.2, 0.25) is 5.82 Å². The van der Waals surface area contributed by atoms with Crippen LogP contribution in [0.2, 0.25) is 0 Å². The molecule has 6 nitrogen and oxygen atoms in total. The number of ether oxygens (including phenoxy) is 1. The molecule has 0 N–H and O–H groups in total. The summed E-state index contributed by atoms with van der Waals surface area (Å²) in [6.45, 7) is 0. The zero-order chi connectivity index (χ0) is 10.1. The van der Waals surface area contributed by atoms with Crippen molar-refractivity contribution in [1.29, 1.82) is 0 Å². The van der Waals surface area contributed by atoms with Crippen LogP contribution in [0.5, 0.6) is 0 Å². The first-order chi connectivity index (χ1) is 6.72. The number of carbonyl (C=O) groups is 1. The van der Waals surface area contributed by atoms with Crippen LogP contribution in [-0.2, 0) is 11.8 Å². The highest BCUT2D eigenvalue weighted by atomic mass is 16.5. The summed E-state index contributed by atoms with van der Waals surface area (Å²) >= 11 is 0. The predicted octanol–water partition coefficient (Wildman–Crippen LogP) is 0.150. The van der Waals surface area contributed by atoms with Crippen LogP contribution in [0, 0.1) is 0 Å². The third-order valence-corrected chi connectivity index (χ3v) is 1.84. The molecule has 0 saturated carbocycles. The molecule has 0 radical (unpaired) electrons. The molecule has 2 aromatic rings. The summed E-state index contributed by atoms with van der Waals surface area (Å²) in [5, 5.41) is 4.78. The third kappa shape index (κ3) is 1.20. The molecule has 6 heteroatoms. The number of methoxy groups -OCH3 is 1. The van der Waals surface area contributed by atoms with Crippen molar-refractivity contribution in [2.75, 3.05) is 7.11 Å². The Bertz CT molecular complexity index is 491. The molecule has 2 rings (SSSR count). The molecule has 0 spiro atoms. The minimum absolute atomic E-state index is 0.0450. The molecule has 0 saturated heterocycles. The molecule has 0 aliphatic heterocycles. The zero-order valence-electron chi connectivity index (χ0n) is 7.76. The summed E-state index contributed by atoms with van der Waals surface area (Å²) in [5.41, 5.74) is 0.611. The van der Waals surface area contributed by atoms with E-state index in [0.29, 0.717) is 5.65 Å². The molecule has 0 fully saturated rings. The maximum Gasteiger partial charge on any atom is 0.376 e. The average Bonchev–Trinajstić information content (AvgIpc) is 2.59. The van der Waals surface area contributed by atoms with Crippen molar-refractivity contribution in [2.24, 2.45) is 7.05 Å². The van der Waals surface area contributed by atoms with Gasteiger partial charge in [0.1, 0.15) is 0 Å². The number of aryl methyl sites for hydroxylation is 1. The van der Waals surface area contributed by atoms with Gasteiger partial charge in [-0.1, -0.05) is 0 Å². The van der Waals surface area contributed by atoms with Crippen LogP contribution in [0.25, 0.3) is 11.0 Å². The summed E-state index contributed by atoms with van der Waals surface area (Å²) in [7, 11) is 3.04. The maximum absolute atomic E-state index is 11.1. The molecule has 72 valence electrons. The molecule has 0 unspecified atom stereocenters. The van der Waals surface area contributed by atoms with Gasteiger partial charge in [0.25, 0.3) is 0 Å². The summed E-state index contributed by atoms with van der Waals surface area (Å²) in [6.07, 6.45) is 3.18. The van der Waals surface area contributed by atoms with E-state index in [1.165, 1.54) is 7.11 Å². The van der Waals surface area contributed by atoms with E-state index < -0.39 is 5.97 Å². The lowest BCUT2D eigenvalue weighted by Gasteiger charge is -1.97. The highest BCUT2D eigenvalue weighted by Gasteiger charge is 2.11. The SMILES string of the molecule is COC(=O)c1ncc2cnn(C)c2n1. The second kappa shape index (κ2) is 3.06. The quantitative estimate of drug-likeness (QED) is 0.601. The van der Waals surface area contributed by atoms with Crippen molar-refractivity contribution in [3.8, 4) is 0 Å². The first-order valence-electron chi connectivity index (χ1n) is 3.95. The largest absolute Gasteiger partial charge is 0.463 e. The molecule has 0 aliphatic rings. The number of hydrogen-bond acceptors (Lipinski definition) is 5. The summed E-state index contributed by atoms with van der Waals surface area (Å²) in [4.78, 5) is 19.0. The van der Waals surface area contributed by atoms with Crippen molar-refractivity contribution < 1.29 is 9.53 Å². The van der Waals surface area contributed by atoms with Gasteiger partial charge < -0.3 is 4.74 Å². The molecule has 0 amide bonds. The van der Waals surface area contributed by atoms with Crippen molar-refractivity contribution in [2.45, 2.75) is 0 Å². The van der Waals surface area contributed by atoms with Crippen LogP contribution < -0.4 is 0 Å². The van der Waals surface area contributed by atoms with Crippen LogP contribution in [0.15, 0.2) is 12.4 Å². The number of nitrogens with zero attached hydrogens (tertiary/aromatic N) is 4. The standard InChI is InChI=1S/C8H8N4O2/c1-12-7-5(4-10-12)3-9-6(11-7)8(13)14-2/h3-4H,1-2H3. The first-order valence-corrected chi connectivity index (χ1v) is 3.95. The topological polar surface area (TPSA) is 69.9 Å². The lowest BCUT2D eigenvalue weighted by molar-refractivity contribution is 0.0587. The number of esters is 1. The number of aromatic nitrogens is 4. The van der Waals surface area contributed by atoms with Crippen LogP contribution in [0.4, 0.5) is 0 Å². The Balaban J connectivity index is 2.60. The van der Waals surface area contributed by atoms with E-state index in [-0.39, 0.29) is 5.82 Å². The number of rotatable bonds is 1. The number of fused-ring (bicyclic) bond motifs is 1. The molecular formula is C8H8N4O2. The van der Waals surface area contributed by atoms with Gasteiger partial charge in [-0.05, 0) is 0 Å². The third-order valence-electron chi connectivity index (χ3n) is 1.84. The van der Waals surface area contributed by atoms with E-state index in [9.17, 15) is 4.79 Å². The number of carbonyl (C=O) groups excluding carboxylic acids is 1. The first kappa shape index (κ1) is 8.61. The van der Waals surface area contributed by atoms with Gasteiger partial charge in [-0.3, -0.25) is 4.68 Å². The van der Waals surface area contributed by atoms with E-state index in [1.807, 2.05) is 0 Å². The lowest BCUT2D eigenvalue weighted by atomic mass is 10.4. The van der Waals surface area contributed by atoms with E-state index >= 15 is 0 Å². The Morgan fingerprint density at radius 3 is 3.00 bits per heavy atom. The molecule has 0 aromatic carbocycles. The Kier molecular flexibility index (Phi) is 1.88.